The second-order valence-electron chi connectivity index (χ2n) is 3.50. The molecule has 67 valence electrons. The summed E-state index contributed by atoms with van der Waals surface area (Å²) in [6.07, 6.45) is 4.94. The van der Waals surface area contributed by atoms with Crippen LogP contribution in [0.2, 0.25) is 0 Å². The molecule has 1 aliphatic rings. The van der Waals surface area contributed by atoms with Gasteiger partial charge in [-0.05, 0) is 30.0 Å². The Bertz CT molecular complexity index is 432. The van der Waals surface area contributed by atoms with Crippen molar-refractivity contribution in [2.24, 2.45) is 0 Å². The summed E-state index contributed by atoms with van der Waals surface area (Å²) in [5.74, 6) is 0. The number of hydrogen-bond acceptors (Lipinski definition) is 2. The monoisotopic (exact) mass is 181 g/mol. The molecule has 0 amide bonds. The van der Waals surface area contributed by atoms with Gasteiger partial charge in [-0.1, -0.05) is 24.3 Å². The molecule has 1 aliphatic carbocycles. The van der Waals surface area contributed by atoms with Gasteiger partial charge < -0.3 is 0 Å². The fourth-order valence-corrected chi connectivity index (χ4v) is 1.97. The Morgan fingerprint density at radius 2 is 1.93 bits per heavy atom. The molecule has 1 aromatic carbocycles. The van der Waals surface area contributed by atoms with Crippen LogP contribution < -0.4 is 0 Å². The van der Waals surface area contributed by atoms with Crippen molar-refractivity contribution in [1.82, 2.24) is 10.2 Å². The highest BCUT2D eigenvalue weighted by Crippen LogP contribution is 2.30. The fourth-order valence-electron chi connectivity index (χ4n) is 1.97. The SMILES string of the molecule is [c]1cc2c(nn1)-c1ccccc1CC2. The van der Waals surface area contributed by atoms with E-state index >= 15 is 0 Å². The first-order valence-electron chi connectivity index (χ1n) is 4.76. The quantitative estimate of drug-likeness (QED) is 0.621. The van der Waals surface area contributed by atoms with Crippen LogP contribution in [0.1, 0.15) is 11.1 Å². The molecule has 0 N–H and O–H groups in total. The highest BCUT2D eigenvalue weighted by atomic mass is 15.1. The third kappa shape index (κ3) is 1.04. The fraction of sp³-hybridized carbons (Fsp3) is 0.167. The van der Waals surface area contributed by atoms with Crippen molar-refractivity contribution in [2.45, 2.75) is 12.8 Å². The maximum absolute atomic E-state index is 4.16. The minimum Gasteiger partial charge on any atom is -0.150 e. The Balaban J connectivity index is 2.29. The maximum atomic E-state index is 4.16. The van der Waals surface area contributed by atoms with Gasteiger partial charge in [0.15, 0.2) is 0 Å². The van der Waals surface area contributed by atoms with E-state index in [2.05, 4.69) is 34.6 Å². The first-order chi connectivity index (χ1) is 6.95. The van der Waals surface area contributed by atoms with Gasteiger partial charge >= 0.3 is 0 Å². The lowest BCUT2D eigenvalue weighted by Gasteiger charge is -2.16. The number of fused-ring (bicyclic) bond motifs is 3. The van der Waals surface area contributed by atoms with Gasteiger partial charge in [-0.2, -0.15) is 0 Å². The Labute approximate surface area is 82.6 Å². The summed E-state index contributed by atoms with van der Waals surface area (Å²) in [6, 6.07) is 10.3. The Hall–Kier alpha value is -1.70. The Morgan fingerprint density at radius 1 is 1.07 bits per heavy atom. The Kier molecular flexibility index (Phi) is 1.60. The van der Waals surface area contributed by atoms with E-state index in [-0.39, 0.29) is 0 Å². The van der Waals surface area contributed by atoms with Crippen LogP contribution in [0.25, 0.3) is 11.3 Å². The largest absolute Gasteiger partial charge is 0.150 e. The van der Waals surface area contributed by atoms with Gasteiger partial charge in [0.25, 0.3) is 0 Å². The van der Waals surface area contributed by atoms with Crippen LogP contribution >= 0.6 is 0 Å². The molecular formula is C12H9N2. The summed E-state index contributed by atoms with van der Waals surface area (Å²) >= 11 is 0. The summed E-state index contributed by atoms with van der Waals surface area (Å²) in [5.41, 5.74) is 4.90. The van der Waals surface area contributed by atoms with E-state index < -0.39 is 0 Å². The molecule has 1 heterocycles. The summed E-state index contributed by atoms with van der Waals surface area (Å²) < 4.78 is 0. The molecule has 0 fully saturated rings. The second kappa shape index (κ2) is 2.91. The van der Waals surface area contributed by atoms with E-state index in [0.29, 0.717) is 0 Å². The lowest BCUT2D eigenvalue weighted by atomic mass is 9.90. The molecular weight excluding hydrogens is 172 g/mol. The van der Waals surface area contributed by atoms with Gasteiger partial charge in [0.05, 0.1) is 5.69 Å². The number of aryl methyl sites for hydroxylation is 2. The molecule has 1 aromatic heterocycles. The molecule has 2 nitrogen and oxygen atoms in total. The van der Waals surface area contributed by atoms with Crippen molar-refractivity contribution in [3.63, 3.8) is 0 Å². The highest BCUT2D eigenvalue weighted by molar-refractivity contribution is 5.68. The van der Waals surface area contributed by atoms with Crippen LogP contribution in [0.3, 0.4) is 0 Å². The minimum absolute atomic E-state index is 1.03. The van der Waals surface area contributed by atoms with Gasteiger partial charge in [-0.3, -0.25) is 0 Å². The van der Waals surface area contributed by atoms with E-state index in [1.165, 1.54) is 16.7 Å². The van der Waals surface area contributed by atoms with Crippen molar-refractivity contribution >= 4 is 0 Å². The average molecular weight is 181 g/mol. The van der Waals surface area contributed by atoms with Crippen LogP contribution in [0.15, 0.2) is 30.3 Å². The first kappa shape index (κ1) is 7.68. The first-order valence-corrected chi connectivity index (χ1v) is 4.76. The van der Waals surface area contributed by atoms with Crippen molar-refractivity contribution in [3.8, 4) is 11.3 Å². The number of hydrogen-bond donors (Lipinski definition) is 0. The molecule has 14 heavy (non-hydrogen) atoms. The molecule has 2 heteroatoms. The van der Waals surface area contributed by atoms with E-state index in [1.807, 2.05) is 12.1 Å². The standard InChI is InChI=1S/C12H9N2/c1-2-4-11-9(3-1)5-6-10-7-8-13-14-12(10)11/h1-4,7H,5-6H2. The van der Waals surface area contributed by atoms with Gasteiger partial charge in [0.2, 0.25) is 0 Å². The van der Waals surface area contributed by atoms with Crippen LogP contribution in [-0.4, -0.2) is 10.2 Å². The normalized spacial score (nSPS) is 13.1. The highest BCUT2D eigenvalue weighted by Gasteiger charge is 2.16. The van der Waals surface area contributed by atoms with Crippen molar-refractivity contribution in [3.05, 3.63) is 47.7 Å². The van der Waals surface area contributed by atoms with E-state index in [4.69, 9.17) is 0 Å². The molecule has 0 saturated heterocycles. The topological polar surface area (TPSA) is 25.8 Å². The molecule has 3 rings (SSSR count). The van der Waals surface area contributed by atoms with E-state index in [1.54, 1.807) is 0 Å². The molecule has 0 spiro atoms. The minimum atomic E-state index is 1.03. The number of rotatable bonds is 0. The van der Waals surface area contributed by atoms with Crippen LogP contribution in [0.5, 0.6) is 0 Å². The predicted octanol–water partition coefficient (Wildman–Crippen LogP) is 2.04. The van der Waals surface area contributed by atoms with E-state index in [9.17, 15) is 0 Å². The van der Waals surface area contributed by atoms with Crippen molar-refractivity contribution in [1.29, 1.82) is 0 Å². The zero-order valence-electron chi connectivity index (χ0n) is 7.70. The summed E-state index contributed by atoms with van der Waals surface area (Å²) in [5, 5.41) is 7.98. The molecule has 0 saturated carbocycles. The summed E-state index contributed by atoms with van der Waals surface area (Å²) in [7, 11) is 0. The maximum Gasteiger partial charge on any atom is 0.114 e. The van der Waals surface area contributed by atoms with Crippen LogP contribution in [0, 0.1) is 6.20 Å². The molecule has 0 atom stereocenters. The molecule has 1 radical (unpaired) electrons. The lowest BCUT2D eigenvalue weighted by Crippen LogP contribution is -2.06. The van der Waals surface area contributed by atoms with Crippen molar-refractivity contribution in [2.75, 3.05) is 0 Å². The Morgan fingerprint density at radius 3 is 2.93 bits per heavy atom. The number of aromatic nitrogens is 2. The van der Waals surface area contributed by atoms with Crippen LogP contribution in [-0.2, 0) is 12.8 Å². The molecule has 0 bridgehead atoms. The van der Waals surface area contributed by atoms with Crippen LogP contribution in [0.4, 0.5) is 0 Å². The zero-order chi connectivity index (χ0) is 9.38. The lowest BCUT2D eigenvalue weighted by molar-refractivity contribution is 0.893. The van der Waals surface area contributed by atoms with E-state index in [0.717, 1.165) is 18.5 Å². The second-order valence-corrected chi connectivity index (χ2v) is 3.50. The molecule has 2 aromatic rings. The van der Waals surface area contributed by atoms with Gasteiger partial charge in [-0.25, -0.2) is 0 Å². The third-order valence-corrected chi connectivity index (χ3v) is 2.69. The molecule has 0 aliphatic heterocycles. The molecule has 0 unspecified atom stereocenters. The smallest absolute Gasteiger partial charge is 0.114 e. The van der Waals surface area contributed by atoms with Gasteiger partial charge in [-0.15, -0.1) is 10.2 Å². The zero-order valence-corrected chi connectivity index (χ0v) is 7.70. The van der Waals surface area contributed by atoms with Gasteiger partial charge in [0.1, 0.15) is 6.20 Å². The number of nitrogens with zero attached hydrogens (tertiary/aromatic N) is 2. The number of benzene rings is 1. The van der Waals surface area contributed by atoms with Crippen molar-refractivity contribution < 1.29 is 0 Å². The third-order valence-electron chi connectivity index (χ3n) is 2.69. The summed E-state index contributed by atoms with van der Waals surface area (Å²) in [6.45, 7) is 0. The summed E-state index contributed by atoms with van der Waals surface area (Å²) in [4.78, 5) is 0. The predicted molar refractivity (Wildman–Crippen MR) is 53.7 cm³/mol. The average Bonchev–Trinajstić information content (AvgIpc) is 2.29. The van der Waals surface area contributed by atoms with Gasteiger partial charge in [0, 0.05) is 5.56 Å².